The van der Waals surface area contributed by atoms with Crippen LogP contribution in [-0.2, 0) is 0 Å². The van der Waals surface area contributed by atoms with Crippen LogP contribution in [0.4, 0.5) is 0 Å². The van der Waals surface area contributed by atoms with Crippen LogP contribution in [0.1, 0.15) is 5.56 Å². The highest BCUT2D eigenvalue weighted by Gasteiger charge is 2.08. The van der Waals surface area contributed by atoms with Crippen molar-refractivity contribution in [2.45, 2.75) is 0 Å². The molecule has 0 aliphatic rings. The highest BCUT2D eigenvalue weighted by Crippen LogP contribution is 2.26. The molecule has 0 radical (unpaired) electrons. The van der Waals surface area contributed by atoms with E-state index >= 15 is 0 Å². The van der Waals surface area contributed by atoms with Gasteiger partial charge in [-0.1, -0.05) is 18.2 Å². The Balaban J connectivity index is 2.06. The van der Waals surface area contributed by atoms with Crippen molar-refractivity contribution in [3.63, 3.8) is 0 Å². The van der Waals surface area contributed by atoms with E-state index in [1.807, 2.05) is 48.5 Å². The van der Waals surface area contributed by atoms with Crippen LogP contribution < -0.4 is 4.74 Å². The van der Waals surface area contributed by atoms with Crippen LogP contribution in [0.3, 0.4) is 0 Å². The predicted molar refractivity (Wildman–Crippen MR) is 85.7 cm³/mol. The van der Waals surface area contributed by atoms with Crippen molar-refractivity contribution in [3.05, 3.63) is 63.7 Å². The molecule has 2 aromatic carbocycles. The van der Waals surface area contributed by atoms with E-state index in [2.05, 4.69) is 33.6 Å². The van der Waals surface area contributed by atoms with Crippen LogP contribution in [-0.4, -0.2) is 4.98 Å². The number of para-hydroxylation sites is 1. The molecule has 0 atom stereocenters. The number of aromatic nitrogens is 1. The molecule has 20 heavy (non-hydrogen) atoms. The number of nitriles is 1. The topological polar surface area (TPSA) is 45.9 Å². The second-order valence-corrected chi connectivity index (χ2v) is 5.45. The number of hydrogen-bond donors (Lipinski definition) is 0. The average Bonchev–Trinajstić information content (AvgIpc) is 2.49. The Bertz CT molecular complexity index is 807. The van der Waals surface area contributed by atoms with E-state index in [1.54, 1.807) is 6.07 Å². The third kappa shape index (κ3) is 2.58. The Morgan fingerprint density at radius 1 is 1.05 bits per heavy atom. The Hall–Kier alpha value is -2.13. The van der Waals surface area contributed by atoms with Crippen LogP contribution in [0.25, 0.3) is 10.9 Å². The molecule has 0 amide bonds. The molecule has 96 valence electrons. The van der Waals surface area contributed by atoms with Crippen molar-refractivity contribution in [1.29, 1.82) is 5.26 Å². The first-order chi connectivity index (χ1) is 9.76. The molecular formula is C16H9IN2O. The van der Waals surface area contributed by atoms with Crippen LogP contribution >= 0.6 is 22.6 Å². The molecule has 0 bridgehead atoms. The SMILES string of the molecule is N#Cc1cc2ccccc2nc1Oc1ccc(I)cc1. The lowest BCUT2D eigenvalue weighted by Crippen LogP contribution is -1.93. The fraction of sp³-hybridized carbons (Fsp3) is 0. The van der Waals surface area contributed by atoms with Gasteiger partial charge in [0.05, 0.1) is 5.52 Å². The van der Waals surface area contributed by atoms with Crippen molar-refractivity contribution in [2.24, 2.45) is 0 Å². The average molecular weight is 372 g/mol. The Morgan fingerprint density at radius 2 is 1.80 bits per heavy atom. The fourth-order valence-electron chi connectivity index (χ4n) is 1.87. The van der Waals surface area contributed by atoms with E-state index in [1.165, 1.54) is 0 Å². The van der Waals surface area contributed by atoms with Gasteiger partial charge in [0.15, 0.2) is 0 Å². The largest absolute Gasteiger partial charge is 0.438 e. The molecule has 1 aromatic heterocycles. The number of benzene rings is 2. The van der Waals surface area contributed by atoms with E-state index < -0.39 is 0 Å². The summed E-state index contributed by atoms with van der Waals surface area (Å²) in [5, 5.41) is 10.2. The quantitative estimate of drug-likeness (QED) is 0.622. The van der Waals surface area contributed by atoms with Crippen molar-refractivity contribution in [1.82, 2.24) is 4.98 Å². The van der Waals surface area contributed by atoms with Gasteiger partial charge in [0.1, 0.15) is 17.4 Å². The van der Waals surface area contributed by atoms with Gasteiger partial charge >= 0.3 is 0 Å². The van der Waals surface area contributed by atoms with Gasteiger partial charge in [-0.15, -0.1) is 0 Å². The Labute approximate surface area is 130 Å². The molecule has 0 unspecified atom stereocenters. The molecule has 3 aromatic rings. The maximum Gasteiger partial charge on any atom is 0.237 e. The lowest BCUT2D eigenvalue weighted by Gasteiger charge is -2.07. The normalized spacial score (nSPS) is 10.2. The van der Waals surface area contributed by atoms with E-state index in [4.69, 9.17) is 4.74 Å². The van der Waals surface area contributed by atoms with Crippen molar-refractivity contribution in [3.8, 4) is 17.7 Å². The van der Waals surface area contributed by atoms with Gasteiger partial charge in [-0.2, -0.15) is 5.26 Å². The smallest absolute Gasteiger partial charge is 0.237 e. The fourth-order valence-corrected chi connectivity index (χ4v) is 2.23. The second kappa shape index (κ2) is 5.47. The second-order valence-electron chi connectivity index (χ2n) is 4.20. The molecule has 0 fully saturated rings. The summed E-state index contributed by atoms with van der Waals surface area (Å²) in [6, 6.07) is 19.2. The van der Waals surface area contributed by atoms with Crippen LogP contribution in [0.2, 0.25) is 0 Å². The summed E-state index contributed by atoms with van der Waals surface area (Å²) in [6.45, 7) is 0. The molecule has 0 N–H and O–H groups in total. The molecule has 4 heteroatoms. The van der Waals surface area contributed by atoms with E-state index in [9.17, 15) is 5.26 Å². The van der Waals surface area contributed by atoms with Crippen molar-refractivity contribution in [2.75, 3.05) is 0 Å². The summed E-state index contributed by atoms with van der Waals surface area (Å²) >= 11 is 2.23. The van der Waals surface area contributed by atoms with Crippen molar-refractivity contribution < 1.29 is 4.74 Å². The molecule has 0 aliphatic heterocycles. The molecule has 0 saturated heterocycles. The summed E-state index contributed by atoms with van der Waals surface area (Å²) in [5.41, 5.74) is 1.24. The summed E-state index contributed by atoms with van der Waals surface area (Å²) < 4.78 is 6.85. The van der Waals surface area contributed by atoms with Gasteiger partial charge < -0.3 is 4.74 Å². The number of rotatable bonds is 2. The summed E-state index contributed by atoms with van der Waals surface area (Å²) in [5.74, 6) is 1.01. The van der Waals surface area contributed by atoms with Gasteiger partial charge in [0.25, 0.3) is 0 Å². The van der Waals surface area contributed by atoms with Crippen LogP contribution in [0.15, 0.2) is 54.6 Å². The van der Waals surface area contributed by atoms with Gasteiger partial charge in [-0.25, -0.2) is 4.98 Å². The molecule has 0 aliphatic carbocycles. The number of fused-ring (bicyclic) bond motifs is 1. The van der Waals surface area contributed by atoms with E-state index in [0.29, 0.717) is 17.2 Å². The highest BCUT2D eigenvalue weighted by molar-refractivity contribution is 14.1. The first-order valence-corrected chi connectivity index (χ1v) is 7.07. The zero-order chi connectivity index (χ0) is 13.9. The molecule has 0 saturated carbocycles. The minimum absolute atomic E-state index is 0.340. The molecule has 3 rings (SSSR count). The monoisotopic (exact) mass is 372 g/mol. The first-order valence-electron chi connectivity index (χ1n) is 5.99. The first kappa shape index (κ1) is 12.9. The predicted octanol–water partition coefficient (Wildman–Crippen LogP) is 4.50. The van der Waals surface area contributed by atoms with Gasteiger partial charge in [-0.3, -0.25) is 0 Å². The molecule has 0 spiro atoms. The van der Waals surface area contributed by atoms with E-state index in [0.717, 1.165) is 14.5 Å². The zero-order valence-corrected chi connectivity index (χ0v) is 12.5. The summed E-state index contributed by atoms with van der Waals surface area (Å²) in [7, 11) is 0. The lowest BCUT2D eigenvalue weighted by atomic mass is 10.1. The number of hydrogen-bond acceptors (Lipinski definition) is 3. The van der Waals surface area contributed by atoms with Gasteiger partial charge in [0.2, 0.25) is 5.88 Å². The maximum absolute atomic E-state index is 9.23. The number of nitrogens with zero attached hydrogens (tertiary/aromatic N) is 2. The van der Waals surface area contributed by atoms with Gasteiger partial charge in [0, 0.05) is 8.96 Å². The highest BCUT2D eigenvalue weighted by atomic mass is 127. The zero-order valence-electron chi connectivity index (χ0n) is 10.4. The number of halogens is 1. The minimum atomic E-state index is 0.340. The summed E-state index contributed by atoms with van der Waals surface area (Å²) in [6.07, 6.45) is 0. The summed E-state index contributed by atoms with van der Waals surface area (Å²) in [4.78, 5) is 4.42. The van der Waals surface area contributed by atoms with E-state index in [-0.39, 0.29) is 0 Å². The lowest BCUT2D eigenvalue weighted by molar-refractivity contribution is 0.463. The third-order valence-electron chi connectivity index (χ3n) is 2.84. The molecule has 3 nitrogen and oxygen atoms in total. The maximum atomic E-state index is 9.23. The van der Waals surface area contributed by atoms with Crippen LogP contribution in [0, 0.1) is 14.9 Å². The number of ether oxygens (including phenoxy) is 1. The van der Waals surface area contributed by atoms with Crippen LogP contribution in [0.5, 0.6) is 11.6 Å². The standard InChI is InChI=1S/C16H9IN2O/c17-13-5-7-14(8-6-13)20-16-12(10-18)9-11-3-1-2-4-15(11)19-16/h1-9H. The Morgan fingerprint density at radius 3 is 2.55 bits per heavy atom. The molecule has 1 heterocycles. The van der Waals surface area contributed by atoms with Crippen molar-refractivity contribution >= 4 is 33.5 Å². The third-order valence-corrected chi connectivity index (χ3v) is 3.56. The Kier molecular flexibility index (Phi) is 3.52. The minimum Gasteiger partial charge on any atom is -0.438 e. The number of pyridine rings is 1. The molecular weight excluding hydrogens is 363 g/mol. The van der Waals surface area contributed by atoms with Gasteiger partial charge in [-0.05, 0) is 59.0 Å².